The van der Waals surface area contributed by atoms with E-state index in [-0.39, 0.29) is 18.6 Å². The standard InChI is InChI=1S/C12H16N2O2/c15-9-11-7-14(8-12(16)13-11)6-10-4-2-1-3-5-10/h1-5,11,15H,6-9H2,(H,13,16)/t11-/m0/s1. The van der Waals surface area contributed by atoms with Gasteiger partial charge < -0.3 is 10.4 Å². The fraction of sp³-hybridized carbons (Fsp3) is 0.417. The SMILES string of the molecule is O=C1CN(Cc2ccccc2)C[C@@H](CO)N1. The van der Waals surface area contributed by atoms with E-state index in [2.05, 4.69) is 10.2 Å². The Labute approximate surface area is 94.9 Å². The topological polar surface area (TPSA) is 52.6 Å². The highest BCUT2D eigenvalue weighted by Crippen LogP contribution is 2.07. The molecule has 86 valence electrons. The monoisotopic (exact) mass is 220 g/mol. The molecule has 1 aromatic carbocycles. The molecule has 16 heavy (non-hydrogen) atoms. The van der Waals surface area contributed by atoms with Gasteiger partial charge in [0.25, 0.3) is 0 Å². The molecule has 4 heteroatoms. The third kappa shape index (κ3) is 2.81. The minimum Gasteiger partial charge on any atom is -0.394 e. The van der Waals surface area contributed by atoms with Crippen LogP contribution in [0.4, 0.5) is 0 Å². The molecule has 0 aliphatic carbocycles. The van der Waals surface area contributed by atoms with Gasteiger partial charge in [-0.3, -0.25) is 9.69 Å². The van der Waals surface area contributed by atoms with Gasteiger partial charge in [0, 0.05) is 13.1 Å². The molecule has 0 saturated carbocycles. The normalized spacial score (nSPS) is 21.8. The summed E-state index contributed by atoms with van der Waals surface area (Å²) in [5.74, 6) is -0.0127. The molecule has 0 bridgehead atoms. The molecule has 1 fully saturated rings. The fourth-order valence-corrected chi connectivity index (χ4v) is 1.96. The van der Waals surface area contributed by atoms with Crippen molar-refractivity contribution in [3.63, 3.8) is 0 Å². The molecule has 0 radical (unpaired) electrons. The summed E-state index contributed by atoms with van der Waals surface area (Å²) < 4.78 is 0. The van der Waals surface area contributed by atoms with E-state index in [0.717, 1.165) is 6.54 Å². The maximum Gasteiger partial charge on any atom is 0.234 e. The summed E-state index contributed by atoms with van der Waals surface area (Å²) in [5.41, 5.74) is 1.19. The number of hydrogen-bond donors (Lipinski definition) is 2. The summed E-state index contributed by atoms with van der Waals surface area (Å²) in [6.45, 7) is 1.87. The molecule has 1 atom stereocenters. The van der Waals surface area contributed by atoms with Crippen molar-refractivity contribution >= 4 is 5.91 Å². The van der Waals surface area contributed by atoms with E-state index in [9.17, 15) is 4.79 Å². The third-order valence-corrected chi connectivity index (χ3v) is 2.68. The zero-order chi connectivity index (χ0) is 11.4. The summed E-state index contributed by atoms with van der Waals surface area (Å²) in [6, 6.07) is 9.90. The number of nitrogens with one attached hydrogen (secondary N) is 1. The van der Waals surface area contributed by atoms with Gasteiger partial charge in [-0.1, -0.05) is 30.3 Å². The van der Waals surface area contributed by atoms with E-state index >= 15 is 0 Å². The number of benzene rings is 1. The van der Waals surface area contributed by atoms with Gasteiger partial charge in [-0.05, 0) is 5.56 Å². The fourth-order valence-electron chi connectivity index (χ4n) is 1.96. The van der Waals surface area contributed by atoms with Crippen LogP contribution in [0, 0.1) is 0 Å². The van der Waals surface area contributed by atoms with Crippen LogP contribution < -0.4 is 5.32 Å². The number of piperazine rings is 1. The van der Waals surface area contributed by atoms with Crippen LogP contribution >= 0.6 is 0 Å². The molecule has 0 spiro atoms. The van der Waals surface area contributed by atoms with E-state index in [1.807, 2.05) is 30.3 Å². The molecular formula is C12H16N2O2. The number of aliphatic hydroxyl groups excluding tert-OH is 1. The Morgan fingerprint density at radius 1 is 1.38 bits per heavy atom. The summed E-state index contributed by atoms with van der Waals surface area (Å²) >= 11 is 0. The number of amides is 1. The lowest BCUT2D eigenvalue weighted by atomic mass is 10.1. The first kappa shape index (κ1) is 11.1. The molecule has 1 amide bonds. The lowest BCUT2D eigenvalue weighted by Gasteiger charge is -2.32. The van der Waals surface area contributed by atoms with Crippen molar-refractivity contribution in [2.45, 2.75) is 12.6 Å². The quantitative estimate of drug-likeness (QED) is 0.752. The Hall–Kier alpha value is -1.39. The Balaban J connectivity index is 1.97. The van der Waals surface area contributed by atoms with Gasteiger partial charge in [-0.2, -0.15) is 0 Å². The maximum absolute atomic E-state index is 11.4. The first-order valence-corrected chi connectivity index (χ1v) is 5.44. The summed E-state index contributed by atoms with van der Waals surface area (Å²) in [7, 11) is 0. The average molecular weight is 220 g/mol. The number of carbonyl (C=O) groups excluding carboxylic acids is 1. The minimum absolute atomic E-state index is 0.00295. The van der Waals surface area contributed by atoms with Crippen LogP contribution in [0.15, 0.2) is 30.3 Å². The lowest BCUT2D eigenvalue weighted by molar-refractivity contribution is -0.126. The zero-order valence-corrected chi connectivity index (χ0v) is 9.10. The van der Waals surface area contributed by atoms with E-state index < -0.39 is 0 Å². The average Bonchev–Trinajstić information content (AvgIpc) is 2.29. The molecule has 2 N–H and O–H groups in total. The Morgan fingerprint density at radius 3 is 2.81 bits per heavy atom. The van der Waals surface area contributed by atoms with Crippen LogP contribution in [-0.2, 0) is 11.3 Å². The first-order valence-electron chi connectivity index (χ1n) is 5.44. The van der Waals surface area contributed by atoms with Crippen LogP contribution in [0.1, 0.15) is 5.56 Å². The second kappa shape index (κ2) is 5.09. The smallest absolute Gasteiger partial charge is 0.234 e. The third-order valence-electron chi connectivity index (χ3n) is 2.68. The molecule has 1 aromatic rings. The Morgan fingerprint density at radius 2 is 2.12 bits per heavy atom. The van der Waals surface area contributed by atoms with Crippen LogP contribution in [0.3, 0.4) is 0 Å². The van der Waals surface area contributed by atoms with Crippen LogP contribution in [0.2, 0.25) is 0 Å². The van der Waals surface area contributed by atoms with Gasteiger partial charge in [0.05, 0.1) is 19.2 Å². The predicted octanol–water partition coefficient (Wildman–Crippen LogP) is -0.0207. The maximum atomic E-state index is 11.4. The number of carbonyl (C=O) groups is 1. The Kier molecular flexibility index (Phi) is 3.54. The largest absolute Gasteiger partial charge is 0.394 e. The van der Waals surface area contributed by atoms with Crippen molar-refractivity contribution in [3.05, 3.63) is 35.9 Å². The predicted molar refractivity (Wildman–Crippen MR) is 60.7 cm³/mol. The van der Waals surface area contributed by atoms with Crippen molar-refractivity contribution in [3.8, 4) is 0 Å². The van der Waals surface area contributed by atoms with Crippen LogP contribution in [0.5, 0.6) is 0 Å². The van der Waals surface area contributed by atoms with E-state index in [1.165, 1.54) is 5.56 Å². The molecule has 1 heterocycles. The lowest BCUT2D eigenvalue weighted by Crippen LogP contribution is -2.55. The number of hydrogen-bond acceptors (Lipinski definition) is 3. The van der Waals surface area contributed by atoms with Gasteiger partial charge in [0.1, 0.15) is 0 Å². The van der Waals surface area contributed by atoms with Crippen molar-refractivity contribution in [1.82, 2.24) is 10.2 Å². The number of aliphatic hydroxyl groups is 1. The summed E-state index contributed by atoms with van der Waals surface area (Å²) in [4.78, 5) is 13.4. The van der Waals surface area contributed by atoms with Crippen molar-refractivity contribution in [2.24, 2.45) is 0 Å². The van der Waals surface area contributed by atoms with Crippen molar-refractivity contribution < 1.29 is 9.90 Å². The van der Waals surface area contributed by atoms with Gasteiger partial charge in [-0.15, -0.1) is 0 Å². The highest BCUT2D eigenvalue weighted by molar-refractivity contribution is 5.79. The van der Waals surface area contributed by atoms with Gasteiger partial charge >= 0.3 is 0 Å². The first-order chi connectivity index (χ1) is 7.78. The Bertz CT molecular complexity index is 353. The van der Waals surface area contributed by atoms with Crippen molar-refractivity contribution in [2.75, 3.05) is 19.7 Å². The molecule has 0 unspecified atom stereocenters. The molecule has 1 aliphatic heterocycles. The highest BCUT2D eigenvalue weighted by Gasteiger charge is 2.23. The van der Waals surface area contributed by atoms with Gasteiger partial charge in [0.15, 0.2) is 0 Å². The second-order valence-corrected chi connectivity index (χ2v) is 4.10. The molecule has 2 rings (SSSR count). The highest BCUT2D eigenvalue weighted by atomic mass is 16.3. The minimum atomic E-state index is -0.134. The van der Waals surface area contributed by atoms with Gasteiger partial charge in [0.2, 0.25) is 5.91 Å². The number of rotatable bonds is 3. The zero-order valence-electron chi connectivity index (χ0n) is 9.10. The van der Waals surface area contributed by atoms with E-state index in [4.69, 9.17) is 5.11 Å². The van der Waals surface area contributed by atoms with Gasteiger partial charge in [-0.25, -0.2) is 0 Å². The molecule has 0 aromatic heterocycles. The molecular weight excluding hydrogens is 204 g/mol. The molecule has 1 aliphatic rings. The molecule has 1 saturated heterocycles. The van der Waals surface area contributed by atoms with Crippen LogP contribution in [-0.4, -0.2) is 41.7 Å². The number of nitrogens with zero attached hydrogens (tertiary/aromatic N) is 1. The van der Waals surface area contributed by atoms with E-state index in [0.29, 0.717) is 13.1 Å². The molecule has 4 nitrogen and oxygen atoms in total. The van der Waals surface area contributed by atoms with Crippen molar-refractivity contribution in [1.29, 1.82) is 0 Å². The van der Waals surface area contributed by atoms with E-state index in [1.54, 1.807) is 0 Å². The van der Waals surface area contributed by atoms with Crippen LogP contribution in [0.25, 0.3) is 0 Å². The summed E-state index contributed by atoms with van der Waals surface area (Å²) in [6.07, 6.45) is 0. The summed E-state index contributed by atoms with van der Waals surface area (Å²) in [5, 5.41) is 11.8. The second-order valence-electron chi connectivity index (χ2n) is 4.10.